The van der Waals surface area contributed by atoms with Gasteiger partial charge in [0.15, 0.2) is 0 Å². The monoisotopic (exact) mass is 259 g/mol. The van der Waals surface area contributed by atoms with Crippen LogP contribution in [0.1, 0.15) is 36.5 Å². The number of rotatable bonds is 2. The van der Waals surface area contributed by atoms with Crippen LogP contribution in [0, 0.1) is 6.92 Å². The molecule has 2 aliphatic heterocycles. The molecule has 0 aromatic carbocycles. The Kier molecular flexibility index (Phi) is 3.05. The summed E-state index contributed by atoms with van der Waals surface area (Å²) < 4.78 is 0. The van der Waals surface area contributed by atoms with Crippen LogP contribution in [0.2, 0.25) is 0 Å². The number of aryl methyl sites for hydroxylation is 1. The quantitative estimate of drug-likeness (QED) is 0.811. The number of hydrogen-bond acceptors (Lipinski definition) is 3. The Bertz CT molecular complexity index is 488. The van der Waals surface area contributed by atoms with E-state index in [0.717, 1.165) is 25.2 Å². The molecule has 2 unspecified atom stereocenters. The topological polar surface area (TPSA) is 36.4 Å². The third kappa shape index (κ3) is 2.14. The Morgan fingerprint density at radius 2 is 2.00 bits per heavy atom. The number of pyridine rings is 1. The normalized spacial score (nSPS) is 26.4. The summed E-state index contributed by atoms with van der Waals surface area (Å²) in [6, 6.07) is 7.00. The number of nitrogens with zero attached hydrogens (tertiary/aromatic N) is 3. The van der Waals surface area contributed by atoms with Gasteiger partial charge in [-0.25, -0.2) is 4.98 Å². The molecule has 0 aliphatic carbocycles. The molecule has 2 bridgehead atoms. The SMILES string of the molecule is Cc1cccc(C(=O)N2C3CC2CN(C(C)C)C3)n1. The summed E-state index contributed by atoms with van der Waals surface area (Å²) in [6.07, 6.45) is 1.15. The third-order valence-electron chi connectivity index (χ3n) is 4.29. The van der Waals surface area contributed by atoms with E-state index in [1.807, 2.05) is 30.0 Å². The molecular weight excluding hydrogens is 238 g/mol. The number of amides is 1. The molecule has 1 amide bonds. The number of hydrogen-bond donors (Lipinski definition) is 0. The summed E-state index contributed by atoms with van der Waals surface area (Å²) in [6.45, 7) is 8.38. The lowest BCUT2D eigenvalue weighted by Gasteiger charge is -2.57. The van der Waals surface area contributed by atoms with Gasteiger partial charge in [0.05, 0.1) is 0 Å². The van der Waals surface area contributed by atoms with E-state index in [1.165, 1.54) is 0 Å². The molecule has 3 rings (SSSR count). The third-order valence-corrected chi connectivity index (χ3v) is 4.29. The van der Waals surface area contributed by atoms with Crippen molar-refractivity contribution in [3.05, 3.63) is 29.6 Å². The molecule has 2 fully saturated rings. The lowest BCUT2D eigenvalue weighted by Crippen LogP contribution is -2.70. The van der Waals surface area contributed by atoms with Crippen LogP contribution < -0.4 is 0 Å². The molecule has 0 radical (unpaired) electrons. The Hall–Kier alpha value is -1.42. The fourth-order valence-electron chi connectivity index (χ4n) is 3.19. The van der Waals surface area contributed by atoms with Gasteiger partial charge in [-0.05, 0) is 39.3 Å². The average molecular weight is 259 g/mol. The lowest BCUT2D eigenvalue weighted by molar-refractivity contribution is -0.0566. The second-order valence-corrected chi connectivity index (χ2v) is 5.97. The van der Waals surface area contributed by atoms with E-state index in [4.69, 9.17) is 0 Å². The molecular formula is C15H21N3O. The highest BCUT2D eigenvalue weighted by Gasteiger charge is 2.47. The van der Waals surface area contributed by atoms with Crippen LogP contribution in [0.15, 0.2) is 18.2 Å². The van der Waals surface area contributed by atoms with Crippen LogP contribution in [-0.4, -0.2) is 51.9 Å². The van der Waals surface area contributed by atoms with Gasteiger partial charge in [-0.1, -0.05) is 6.07 Å². The zero-order valence-electron chi connectivity index (χ0n) is 11.8. The summed E-state index contributed by atoms with van der Waals surface area (Å²) >= 11 is 0. The second kappa shape index (κ2) is 4.60. The fourth-order valence-corrected chi connectivity index (χ4v) is 3.19. The van der Waals surface area contributed by atoms with Crippen LogP contribution in [0.4, 0.5) is 0 Å². The highest BCUT2D eigenvalue weighted by molar-refractivity contribution is 5.93. The van der Waals surface area contributed by atoms with Gasteiger partial charge in [-0.2, -0.15) is 0 Å². The van der Waals surface area contributed by atoms with Gasteiger partial charge in [-0.3, -0.25) is 9.69 Å². The van der Waals surface area contributed by atoms with Gasteiger partial charge in [0.2, 0.25) is 0 Å². The molecule has 1 aromatic heterocycles. The van der Waals surface area contributed by atoms with Gasteiger partial charge < -0.3 is 4.90 Å². The van der Waals surface area contributed by atoms with Crippen LogP contribution in [0.25, 0.3) is 0 Å². The van der Waals surface area contributed by atoms with Gasteiger partial charge >= 0.3 is 0 Å². The van der Waals surface area contributed by atoms with E-state index in [0.29, 0.717) is 23.8 Å². The summed E-state index contributed by atoms with van der Waals surface area (Å²) in [5, 5.41) is 0. The summed E-state index contributed by atoms with van der Waals surface area (Å²) in [5.41, 5.74) is 1.49. The van der Waals surface area contributed by atoms with E-state index >= 15 is 0 Å². The maximum atomic E-state index is 12.5. The maximum absolute atomic E-state index is 12.5. The van der Waals surface area contributed by atoms with Gasteiger partial charge in [0.1, 0.15) is 5.69 Å². The van der Waals surface area contributed by atoms with Crippen LogP contribution >= 0.6 is 0 Å². The first kappa shape index (κ1) is 12.6. The van der Waals surface area contributed by atoms with E-state index in [2.05, 4.69) is 23.7 Å². The smallest absolute Gasteiger partial charge is 0.273 e. The van der Waals surface area contributed by atoms with Crippen molar-refractivity contribution in [1.29, 1.82) is 0 Å². The second-order valence-electron chi connectivity index (χ2n) is 5.97. The molecule has 3 heterocycles. The molecule has 102 valence electrons. The standard InChI is InChI=1S/C15H21N3O/c1-10(2)17-8-12-7-13(9-17)18(12)15(19)14-6-4-5-11(3)16-14/h4-6,10,12-13H,7-9H2,1-3H3. The summed E-state index contributed by atoms with van der Waals surface area (Å²) in [5.74, 6) is 0.105. The van der Waals surface area contributed by atoms with Gasteiger partial charge in [-0.15, -0.1) is 0 Å². The number of aromatic nitrogens is 1. The molecule has 4 heteroatoms. The maximum Gasteiger partial charge on any atom is 0.273 e. The lowest BCUT2D eigenvalue weighted by atomic mass is 9.86. The van der Waals surface area contributed by atoms with Crippen molar-refractivity contribution in [1.82, 2.24) is 14.8 Å². The van der Waals surface area contributed by atoms with E-state index < -0.39 is 0 Å². The number of fused-ring (bicyclic) bond motifs is 2. The highest BCUT2D eigenvalue weighted by Crippen LogP contribution is 2.34. The molecule has 1 aromatic rings. The van der Waals surface area contributed by atoms with Crippen LogP contribution in [-0.2, 0) is 0 Å². The van der Waals surface area contributed by atoms with Crippen molar-refractivity contribution < 1.29 is 4.79 Å². The minimum absolute atomic E-state index is 0.105. The first-order valence-electron chi connectivity index (χ1n) is 7.06. The van der Waals surface area contributed by atoms with Crippen molar-refractivity contribution >= 4 is 5.91 Å². The number of carbonyl (C=O) groups is 1. The largest absolute Gasteiger partial charge is 0.329 e. The molecule has 4 nitrogen and oxygen atoms in total. The molecule has 2 saturated heterocycles. The Balaban J connectivity index is 1.74. The zero-order valence-corrected chi connectivity index (χ0v) is 11.8. The van der Waals surface area contributed by atoms with Gasteiger partial charge in [0.25, 0.3) is 5.91 Å². The van der Waals surface area contributed by atoms with E-state index in [1.54, 1.807) is 0 Å². The Morgan fingerprint density at radius 3 is 2.58 bits per heavy atom. The molecule has 0 spiro atoms. The molecule has 0 saturated carbocycles. The number of piperazine rings is 1. The molecule has 2 atom stereocenters. The van der Waals surface area contributed by atoms with Gasteiger partial charge in [0, 0.05) is 36.9 Å². The van der Waals surface area contributed by atoms with Crippen LogP contribution in [0.3, 0.4) is 0 Å². The number of piperidine rings is 1. The van der Waals surface area contributed by atoms with Crippen molar-refractivity contribution in [3.8, 4) is 0 Å². The van der Waals surface area contributed by atoms with Crippen molar-refractivity contribution in [3.63, 3.8) is 0 Å². The summed E-state index contributed by atoms with van der Waals surface area (Å²) in [4.78, 5) is 21.4. The summed E-state index contributed by atoms with van der Waals surface area (Å²) in [7, 11) is 0. The van der Waals surface area contributed by atoms with Crippen molar-refractivity contribution in [2.24, 2.45) is 0 Å². The predicted molar refractivity (Wildman–Crippen MR) is 74.0 cm³/mol. The molecule has 0 N–H and O–H groups in total. The minimum Gasteiger partial charge on any atom is -0.329 e. The molecule has 2 aliphatic rings. The fraction of sp³-hybridized carbons (Fsp3) is 0.600. The molecule has 19 heavy (non-hydrogen) atoms. The predicted octanol–water partition coefficient (Wildman–Crippen LogP) is 1.70. The first-order chi connectivity index (χ1) is 9.06. The van der Waals surface area contributed by atoms with Crippen molar-refractivity contribution in [2.75, 3.05) is 13.1 Å². The number of likely N-dealkylation sites (tertiary alicyclic amines) is 2. The Morgan fingerprint density at radius 1 is 1.32 bits per heavy atom. The Labute approximate surface area is 114 Å². The zero-order chi connectivity index (χ0) is 13.6. The van der Waals surface area contributed by atoms with Crippen molar-refractivity contribution in [2.45, 2.75) is 45.3 Å². The van der Waals surface area contributed by atoms with Crippen LogP contribution in [0.5, 0.6) is 0 Å². The minimum atomic E-state index is 0.105. The number of carbonyl (C=O) groups excluding carboxylic acids is 1. The van der Waals surface area contributed by atoms with E-state index in [9.17, 15) is 4.79 Å². The van der Waals surface area contributed by atoms with E-state index in [-0.39, 0.29) is 5.91 Å². The highest BCUT2D eigenvalue weighted by atomic mass is 16.2. The first-order valence-corrected chi connectivity index (χ1v) is 7.06. The average Bonchev–Trinajstić information content (AvgIpc) is 2.38.